The molecule has 1 saturated heterocycles. The van der Waals surface area contributed by atoms with Gasteiger partial charge in [-0.05, 0) is 37.4 Å². The molecule has 1 aromatic carbocycles. The van der Waals surface area contributed by atoms with Crippen molar-refractivity contribution in [3.05, 3.63) is 29.8 Å². The maximum Gasteiger partial charge on any atom is 0.0700 e. The summed E-state index contributed by atoms with van der Waals surface area (Å²) in [6.07, 6.45) is 3.68. The molecule has 0 radical (unpaired) electrons. The quantitative estimate of drug-likeness (QED) is 0.672. The Bertz CT molecular complexity index is 392. The normalized spacial score (nSPS) is 14.8. The van der Waals surface area contributed by atoms with Crippen molar-refractivity contribution in [2.45, 2.75) is 25.8 Å². The molecule has 0 spiro atoms. The third kappa shape index (κ3) is 5.65. The molecule has 1 heterocycles. The van der Waals surface area contributed by atoms with E-state index in [1.54, 1.807) is 7.11 Å². The molecule has 0 saturated carbocycles. The van der Waals surface area contributed by atoms with Gasteiger partial charge in [0.1, 0.15) is 0 Å². The van der Waals surface area contributed by atoms with Crippen molar-refractivity contribution in [3.8, 4) is 0 Å². The highest BCUT2D eigenvalue weighted by Crippen LogP contribution is 2.24. The fraction of sp³-hybridized carbons (Fsp3) is 0.647. The second kappa shape index (κ2) is 9.77. The van der Waals surface area contributed by atoms with Crippen LogP contribution in [-0.2, 0) is 16.0 Å². The van der Waals surface area contributed by atoms with Crippen molar-refractivity contribution in [1.82, 2.24) is 5.32 Å². The van der Waals surface area contributed by atoms with Crippen LogP contribution >= 0.6 is 0 Å². The number of para-hydroxylation sites is 1. The molecule has 1 aliphatic rings. The first-order chi connectivity index (χ1) is 10.4. The van der Waals surface area contributed by atoms with Gasteiger partial charge in [-0.25, -0.2) is 0 Å². The molecule has 0 aromatic heterocycles. The van der Waals surface area contributed by atoms with E-state index in [-0.39, 0.29) is 0 Å². The summed E-state index contributed by atoms with van der Waals surface area (Å²) in [5.74, 6) is 0. The molecule has 4 nitrogen and oxygen atoms in total. The van der Waals surface area contributed by atoms with Crippen LogP contribution in [0, 0.1) is 0 Å². The van der Waals surface area contributed by atoms with Gasteiger partial charge in [-0.2, -0.15) is 0 Å². The zero-order valence-electron chi connectivity index (χ0n) is 13.1. The van der Waals surface area contributed by atoms with Crippen molar-refractivity contribution < 1.29 is 9.47 Å². The van der Waals surface area contributed by atoms with Crippen LogP contribution in [0.15, 0.2) is 24.3 Å². The highest BCUT2D eigenvalue weighted by atomic mass is 16.5. The van der Waals surface area contributed by atoms with Gasteiger partial charge in [-0.1, -0.05) is 18.2 Å². The Kier molecular flexibility index (Phi) is 7.57. The van der Waals surface area contributed by atoms with Crippen LogP contribution in [0.2, 0.25) is 0 Å². The van der Waals surface area contributed by atoms with Crippen LogP contribution < -0.4 is 10.2 Å². The lowest BCUT2D eigenvalue weighted by molar-refractivity contribution is 0.0695. The van der Waals surface area contributed by atoms with Crippen LogP contribution in [0.5, 0.6) is 0 Å². The summed E-state index contributed by atoms with van der Waals surface area (Å²) in [5, 5.41) is 3.52. The lowest BCUT2D eigenvalue weighted by Crippen LogP contribution is -2.22. The SMILES string of the molecule is COCCOCCCNCc1ccccc1N1CCCC1. The Hall–Kier alpha value is -1.10. The Morgan fingerprint density at radius 1 is 1.10 bits per heavy atom. The number of ether oxygens (including phenoxy) is 2. The van der Waals surface area contributed by atoms with E-state index in [1.807, 2.05) is 0 Å². The summed E-state index contributed by atoms with van der Waals surface area (Å²) in [7, 11) is 1.70. The van der Waals surface area contributed by atoms with Crippen LogP contribution in [0.1, 0.15) is 24.8 Å². The largest absolute Gasteiger partial charge is 0.382 e. The third-order valence-corrected chi connectivity index (χ3v) is 3.83. The van der Waals surface area contributed by atoms with Gasteiger partial charge >= 0.3 is 0 Å². The molecule has 1 fully saturated rings. The second-order valence-electron chi connectivity index (χ2n) is 5.46. The van der Waals surface area contributed by atoms with Crippen LogP contribution in [0.25, 0.3) is 0 Å². The minimum atomic E-state index is 0.677. The zero-order valence-corrected chi connectivity index (χ0v) is 13.1. The van der Waals surface area contributed by atoms with E-state index in [2.05, 4.69) is 34.5 Å². The maximum absolute atomic E-state index is 5.46. The van der Waals surface area contributed by atoms with Crippen LogP contribution in [-0.4, -0.2) is 46.6 Å². The minimum Gasteiger partial charge on any atom is -0.382 e. The first-order valence-corrected chi connectivity index (χ1v) is 8.02. The van der Waals surface area contributed by atoms with E-state index >= 15 is 0 Å². The number of methoxy groups -OCH3 is 1. The molecule has 0 bridgehead atoms. The van der Waals surface area contributed by atoms with E-state index in [1.165, 1.54) is 37.2 Å². The smallest absolute Gasteiger partial charge is 0.0700 e. The molecule has 21 heavy (non-hydrogen) atoms. The molecular weight excluding hydrogens is 264 g/mol. The average Bonchev–Trinajstić information content (AvgIpc) is 3.04. The predicted molar refractivity (Wildman–Crippen MR) is 86.9 cm³/mol. The van der Waals surface area contributed by atoms with Gasteiger partial charge in [-0.15, -0.1) is 0 Å². The minimum absolute atomic E-state index is 0.677. The van der Waals surface area contributed by atoms with Crippen molar-refractivity contribution in [2.75, 3.05) is 51.5 Å². The van der Waals surface area contributed by atoms with Crippen LogP contribution in [0.4, 0.5) is 5.69 Å². The van der Waals surface area contributed by atoms with Crippen LogP contribution in [0.3, 0.4) is 0 Å². The van der Waals surface area contributed by atoms with Gasteiger partial charge in [-0.3, -0.25) is 0 Å². The van der Waals surface area contributed by atoms with Gasteiger partial charge in [0, 0.05) is 39.0 Å². The molecule has 1 N–H and O–H groups in total. The standard InChI is InChI=1S/C17H28N2O2/c1-20-13-14-21-12-6-9-18-15-16-7-2-3-8-17(16)19-10-4-5-11-19/h2-3,7-8,18H,4-6,9-15H2,1H3. The molecule has 2 rings (SSSR count). The number of hydrogen-bond acceptors (Lipinski definition) is 4. The fourth-order valence-electron chi connectivity index (χ4n) is 2.69. The van der Waals surface area contributed by atoms with Gasteiger partial charge in [0.25, 0.3) is 0 Å². The summed E-state index contributed by atoms with van der Waals surface area (Å²) < 4.78 is 10.4. The van der Waals surface area contributed by atoms with Crippen molar-refractivity contribution in [1.29, 1.82) is 0 Å². The fourth-order valence-corrected chi connectivity index (χ4v) is 2.69. The first kappa shape index (κ1) is 16.3. The van der Waals surface area contributed by atoms with Gasteiger partial charge < -0.3 is 19.7 Å². The number of nitrogens with one attached hydrogen (secondary N) is 1. The van der Waals surface area contributed by atoms with E-state index in [0.717, 1.165) is 26.1 Å². The number of nitrogens with zero attached hydrogens (tertiary/aromatic N) is 1. The molecule has 0 amide bonds. The lowest BCUT2D eigenvalue weighted by Gasteiger charge is -2.21. The van der Waals surface area contributed by atoms with E-state index in [4.69, 9.17) is 9.47 Å². The number of rotatable bonds is 10. The highest BCUT2D eigenvalue weighted by Gasteiger charge is 2.14. The Labute approximate surface area is 128 Å². The highest BCUT2D eigenvalue weighted by molar-refractivity contribution is 5.54. The lowest BCUT2D eigenvalue weighted by atomic mass is 10.1. The summed E-state index contributed by atoms with van der Waals surface area (Å²) in [4.78, 5) is 2.50. The second-order valence-corrected chi connectivity index (χ2v) is 5.46. The molecule has 1 aliphatic heterocycles. The molecule has 1 aromatic rings. The number of hydrogen-bond donors (Lipinski definition) is 1. The molecule has 0 aliphatic carbocycles. The van der Waals surface area contributed by atoms with Crippen molar-refractivity contribution >= 4 is 5.69 Å². The molecule has 118 valence electrons. The van der Waals surface area contributed by atoms with E-state index in [0.29, 0.717) is 13.2 Å². The summed E-state index contributed by atoms with van der Waals surface area (Å²) in [6, 6.07) is 8.75. The zero-order chi connectivity index (χ0) is 14.8. The summed E-state index contributed by atoms with van der Waals surface area (Å²) in [6.45, 7) is 6.48. The summed E-state index contributed by atoms with van der Waals surface area (Å²) >= 11 is 0. The van der Waals surface area contributed by atoms with E-state index in [9.17, 15) is 0 Å². The first-order valence-electron chi connectivity index (χ1n) is 8.02. The average molecular weight is 292 g/mol. The van der Waals surface area contributed by atoms with Crippen molar-refractivity contribution in [2.24, 2.45) is 0 Å². The summed E-state index contributed by atoms with van der Waals surface area (Å²) in [5.41, 5.74) is 2.80. The van der Waals surface area contributed by atoms with E-state index < -0.39 is 0 Å². The Morgan fingerprint density at radius 3 is 2.71 bits per heavy atom. The van der Waals surface area contributed by atoms with Gasteiger partial charge in [0.15, 0.2) is 0 Å². The molecule has 0 unspecified atom stereocenters. The van der Waals surface area contributed by atoms with Crippen molar-refractivity contribution in [3.63, 3.8) is 0 Å². The third-order valence-electron chi connectivity index (χ3n) is 3.83. The topological polar surface area (TPSA) is 33.7 Å². The number of benzene rings is 1. The van der Waals surface area contributed by atoms with Gasteiger partial charge in [0.2, 0.25) is 0 Å². The predicted octanol–water partition coefficient (Wildman–Crippen LogP) is 2.43. The maximum atomic E-state index is 5.46. The van der Waals surface area contributed by atoms with Gasteiger partial charge in [0.05, 0.1) is 13.2 Å². The molecule has 4 heteroatoms. The number of anilines is 1. The molecular formula is C17H28N2O2. The Morgan fingerprint density at radius 2 is 1.90 bits per heavy atom. The molecule has 0 atom stereocenters. The monoisotopic (exact) mass is 292 g/mol. The Balaban J connectivity index is 1.66.